The zero-order valence-corrected chi connectivity index (χ0v) is 12.2. The van der Waals surface area contributed by atoms with Gasteiger partial charge < -0.3 is 14.6 Å². The molecule has 0 amide bonds. The van der Waals surface area contributed by atoms with Gasteiger partial charge in [0.05, 0.1) is 12.3 Å². The van der Waals surface area contributed by atoms with Gasteiger partial charge in [-0.3, -0.25) is 4.68 Å². The van der Waals surface area contributed by atoms with Crippen LogP contribution in [0.2, 0.25) is 0 Å². The monoisotopic (exact) mass is 338 g/mol. The topological polar surface area (TPSA) is 73.6 Å². The molecule has 104 valence electrons. The lowest BCUT2D eigenvalue weighted by atomic mass is 10.1. The minimum Gasteiger partial charge on any atom is -0.476 e. The number of benzene rings is 1. The van der Waals surface area contributed by atoms with Crippen molar-refractivity contribution in [2.45, 2.75) is 6.61 Å². The predicted molar refractivity (Wildman–Crippen MR) is 73.6 cm³/mol. The number of aromatic carboxylic acids is 1. The van der Waals surface area contributed by atoms with Crippen molar-refractivity contribution in [1.82, 2.24) is 9.78 Å². The quantitative estimate of drug-likeness (QED) is 0.910. The predicted octanol–water partition coefficient (Wildman–Crippen LogP) is 2.41. The molecule has 3 rings (SSSR count). The number of nitrogens with zero attached hydrogens (tertiary/aromatic N) is 2. The summed E-state index contributed by atoms with van der Waals surface area (Å²) in [7, 11) is 1.70. The smallest absolute Gasteiger partial charge is 0.356 e. The lowest BCUT2D eigenvalue weighted by Gasteiger charge is -2.21. The molecule has 0 spiro atoms. The molecule has 0 aliphatic carbocycles. The van der Waals surface area contributed by atoms with Crippen LogP contribution in [0.15, 0.2) is 22.7 Å². The Morgan fingerprint density at radius 1 is 1.45 bits per heavy atom. The Bertz CT molecular complexity index is 696. The third-order valence-corrected chi connectivity index (χ3v) is 3.51. The molecule has 1 aliphatic rings. The summed E-state index contributed by atoms with van der Waals surface area (Å²) in [5.74, 6) is -0.348. The van der Waals surface area contributed by atoms with E-state index < -0.39 is 5.97 Å². The molecule has 6 nitrogen and oxygen atoms in total. The van der Waals surface area contributed by atoms with Gasteiger partial charge in [-0.05, 0) is 18.2 Å². The maximum atomic E-state index is 11.0. The lowest BCUT2D eigenvalue weighted by molar-refractivity contribution is -0.0160. The first-order valence-electron chi connectivity index (χ1n) is 5.87. The van der Waals surface area contributed by atoms with E-state index in [1.54, 1.807) is 7.05 Å². The van der Waals surface area contributed by atoms with E-state index in [0.717, 1.165) is 15.6 Å². The van der Waals surface area contributed by atoms with Crippen LogP contribution < -0.4 is 4.74 Å². The highest BCUT2D eigenvalue weighted by Gasteiger charge is 2.21. The second-order valence-electron chi connectivity index (χ2n) is 4.40. The first-order valence-corrected chi connectivity index (χ1v) is 6.66. The number of hydrogen-bond donors (Lipinski definition) is 1. The lowest BCUT2D eigenvalue weighted by Crippen LogP contribution is -2.12. The molecule has 7 heteroatoms. The van der Waals surface area contributed by atoms with E-state index in [1.807, 2.05) is 12.1 Å². The van der Waals surface area contributed by atoms with E-state index in [1.165, 1.54) is 10.7 Å². The fourth-order valence-corrected chi connectivity index (χ4v) is 2.70. The molecule has 0 unspecified atom stereocenters. The first kappa shape index (κ1) is 13.1. The van der Waals surface area contributed by atoms with Crippen molar-refractivity contribution in [3.8, 4) is 17.0 Å². The normalized spacial score (nSPS) is 13.7. The number of halogens is 1. The number of aryl methyl sites for hydroxylation is 1. The molecule has 20 heavy (non-hydrogen) atoms. The fraction of sp³-hybridized carbons (Fsp3) is 0.231. The van der Waals surface area contributed by atoms with Gasteiger partial charge in [0, 0.05) is 22.6 Å². The molecule has 0 saturated carbocycles. The minimum absolute atomic E-state index is 0.00304. The van der Waals surface area contributed by atoms with Crippen molar-refractivity contribution < 1.29 is 19.4 Å². The average molecular weight is 339 g/mol. The number of aromatic nitrogens is 2. The van der Waals surface area contributed by atoms with Gasteiger partial charge in [-0.1, -0.05) is 15.9 Å². The molecule has 2 aromatic rings. The number of hydrogen-bond acceptors (Lipinski definition) is 4. The van der Waals surface area contributed by atoms with Crippen molar-refractivity contribution in [2.24, 2.45) is 7.05 Å². The molecule has 1 N–H and O–H groups in total. The van der Waals surface area contributed by atoms with Crippen molar-refractivity contribution in [3.05, 3.63) is 33.9 Å². The third-order valence-electron chi connectivity index (χ3n) is 3.05. The highest BCUT2D eigenvalue weighted by Crippen LogP contribution is 2.38. The summed E-state index contributed by atoms with van der Waals surface area (Å²) in [5.41, 5.74) is 2.39. The summed E-state index contributed by atoms with van der Waals surface area (Å²) >= 11 is 3.44. The summed E-state index contributed by atoms with van der Waals surface area (Å²) in [6.07, 6.45) is 0. The molecule has 0 radical (unpaired) electrons. The van der Waals surface area contributed by atoms with Gasteiger partial charge in [-0.15, -0.1) is 0 Å². The number of carboxylic acid groups (broad SMARTS) is 1. The van der Waals surface area contributed by atoms with Gasteiger partial charge in [-0.25, -0.2) is 4.79 Å². The Morgan fingerprint density at radius 2 is 2.25 bits per heavy atom. The largest absolute Gasteiger partial charge is 0.476 e. The Morgan fingerprint density at radius 3 is 2.95 bits per heavy atom. The summed E-state index contributed by atoms with van der Waals surface area (Å²) in [5, 5.41) is 13.0. The SMILES string of the molecule is Cn1nc(C(=O)O)cc1-c1cc(Br)cc2c1OCOC2. The summed E-state index contributed by atoms with van der Waals surface area (Å²) in [6, 6.07) is 5.34. The second-order valence-corrected chi connectivity index (χ2v) is 5.31. The fourth-order valence-electron chi connectivity index (χ4n) is 2.19. The molecular formula is C13H11BrN2O4. The number of fused-ring (bicyclic) bond motifs is 1. The Labute approximate surface area is 123 Å². The van der Waals surface area contributed by atoms with Gasteiger partial charge in [0.25, 0.3) is 0 Å². The van der Waals surface area contributed by atoms with E-state index >= 15 is 0 Å². The van der Waals surface area contributed by atoms with Gasteiger partial charge in [-0.2, -0.15) is 5.10 Å². The van der Waals surface area contributed by atoms with E-state index in [2.05, 4.69) is 21.0 Å². The maximum absolute atomic E-state index is 11.0. The minimum atomic E-state index is -1.06. The second kappa shape index (κ2) is 4.92. The zero-order chi connectivity index (χ0) is 14.3. The van der Waals surface area contributed by atoms with E-state index in [4.69, 9.17) is 14.6 Å². The Kier molecular flexibility index (Phi) is 3.23. The van der Waals surface area contributed by atoms with Crippen LogP contribution in [0.3, 0.4) is 0 Å². The van der Waals surface area contributed by atoms with Crippen LogP contribution in [0.4, 0.5) is 0 Å². The molecule has 1 aromatic heterocycles. The number of ether oxygens (including phenoxy) is 2. The van der Waals surface area contributed by atoms with Crippen LogP contribution >= 0.6 is 15.9 Å². The van der Waals surface area contributed by atoms with Gasteiger partial charge in [0.1, 0.15) is 5.75 Å². The molecular weight excluding hydrogens is 328 g/mol. The van der Waals surface area contributed by atoms with Crippen LogP contribution in [0.25, 0.3) is 11.3 Å². The number of carboxylic acids is 1. The van der Waals surface area contributed by atoms with Crippen LogP contribution in [0.1, 0.15) is 16.1 Å². The highest BCUT2D eigenvalue weighted by atomic mass is 79.9. The molecule has 1 aliphatic heterocycles. The average Bonchev–Trinajstić information content (AvgIpc) is 2.80. The molecule has 0 fully saturated rings. The van der Waals surface area contributed by atoms with Crippen molar-refractivity contribution >= 4 is 21.9 Å². The van der Waals surface area contributed by atoms with E-state index in [-0.39, 0.29) is 12.5 Å². The summed E-state index contributed by atoms with van der Waals surface area (Å²) in [6.45, 7) is 0.649. The number of carbonyl (C=O) groups is 1. The van der Waals surface area contributed by atoms with Gasteiger partial charge in [0.15, 0.2) is 12.5 Å². The Balaban J connectivity index is 2.19. The van der Waals surface area contributed by atoms with Crippen LogP contribution in [0, 0.1) is 0 Å². The summed E-state index contributed by atoms with van der Waals surface area (Å²) in [4.78, 5) is 11.0. The van der Waals surface area contributed by atoms with Crippen molar-refractivity contribution in [3.63, 3.8) is 0 Å². The molecule has 0 bridgehead atoms. The maximum Gasteiger partial charge on any atom is 0.356 e. The van der Waals surface area contributed by atoms with Gasteiger partial charge in [0.2, 0.25) is 0 Å². The highest BCUT2D eigenvalue weighted by molar-refractivity contribution is 9.10. The van der Waals surface area contributed by atoms with Crippen molar-refractivity contribution in [2.75, 3.05) is 6.79 Å². The van der Waals surface area contributed by atoms with Crippen LogP contribution in [0.5, 0.6) is 5.75 Å². The van der Waals surface area contributed by atoms with E-state index in [0.29, 0.717) is 18.1 Å². The molecule has 1 aromatic carbocycles. The van der Waals surface area contributed by atoms with Crippen molar-refractivity contribution in [1.29, 1.82) is 0 Å². The molecule has 0 atom stereocenters. The first-order chi connectivity index (χ1) is 9.56. The van der Waals surface area contributed by atoms with Gasteiger partial charge >= 0.3 is 5.97 Å². The third kappa shape index (κ3) is 2.19. The Hall–Kier alpha value is -1.86. The molecule has 0 saturated heterocycles. The zero-order valence-electron chi connectivity index (χ0n) is 10.6. The molecule has 2 heterocycles. The van der Waals surface area contributed by atoms with E-state index in [9.17, 15) is 4.79 Å². The standard InChI is InChI=1S/C13H11BrN2O4/c1-16-11(4-10(15-16)13(17)18)9-3-8(14)2-7-5-19-6-20-12(7)9/h2-4H,5-6H2,1H3,(H,17,18). The van der Waals surface area contributed by atoms with Crippen LogP contribution in [-0.4, -0.2) is 27.6 Å². The summed E-state index contributed by atoms with van der Waals surface area (Å²) < 4.78 is 13.2. The number of rotatable bonds is 2. The van der Waals surface area contributed by atoms with Crippen LogP contribution in [-0.2, 0) is 18.4 Å².